The van der Waals surface area contributed by atoms with Crippen LogP contribution in [0.1, 0.15) is 5.56 Å². The van der Waals surface area contributed by atoms with Gasteiger partial charge in [-0.1, -0.05) is 0 Å². The van der Waals surface area contributed by atoms with Crippen molar-refractivity contribution < 1.29 is 9.33 Å². The topological polar surface area (TPSA) is 61.3 Å². The largest absolute Gasteiger partial charge is 0.495 e. The van der Waals surface area contributed by atoms with Crippen LogP contribution in [0.5, 0.6) is 5.75 Å². The van der Waals surface area contributed by atoms with Crippen molar-refractivity contribution in [1.29, 1.82) is 0 Å². The number of nitrogens with zero attached hydrogens (tertiary/aromatic N) is 1. The molecule has 1 rings (SSSR count). The lowest BCUT2D eigenvalue weighted by Gasteiger charge is -2.22. The molecule has 0 radical (unpaired) electrons. The summed E-state index contributed by atoms with van der Waals surface area (Å²) in [6.07, 6.45) is 0. The van der Waals surface area contributed by atoms with E-state index in [0.29, 0.717) is 16.0 Å². The Morgan fingerprint density at radius 1 is 1.36 bits per heavy atom. The van der Waals surface area contributed by atoms with Crippen molar-refractivity contribution in [3.63, 3.8) is 0 Å². The molecule has 0 amide bonds. The molecule has 0 unspecified atom stereocenters. The van der Waals surface area contributed by atoms with Crippen LogP contribution >= 0.6 is 0 Å². The molecule has 0 aliphatic heterocycles. The summed E-state index contributed by atoms with van der Waals surface area (Å²) >= 11 is 0. The third-order valence-corrected chi connectivity index (χ3v) is 1.88. The summed E-state index contributed by atoms with van der Waals surface area (Å²) in [4.78, 5) is 0. The molecule has 0 aliphatic carbocycles. The van der Waals surface area contributed by atoms with Gasteiger partial charge in [0.05, 0.1) is 26.9 Å². The molecule has 4 heteroatoms. The summed E-state index contributed by atoms with van der Waals surface area (Å²) in [6, 6.07) is 5.73. The molecule has 0 aromatic heterocycles. The second-order valence-electron chi connectivity index (χ2n) is 4.01. The Kier molecular flexibility index (Phi) is 2.98. The van der Waals surface area contributed by atoms with Gasteiger partial charge in [-0.25, -0.2) is 4.59 Å². The number of rotatable bonds is 3. The Hall–Kier alpha value is -1.26. The highest BCUT2D eigenvalue weighted by atomic mass is 16.5. The van der Waals surface area contributed by atoms with Gasteiger partial charge in [-0.15, -0.1) is 0 Å². The van der Waals surface area contributed by atoms with E-state index in [9.17, 15) is 0 Å². The summed E-state index contributed by atoms with van der Waals surface area (Å²) in [5.41, 5.74) is 7.54. The predicted molar refractivity (Wildman–Crippen MR) is 57.4 cm³/mol. The summed E-state index contributed by atoms with van der Waals surface area (Å²) < 4.78 is 5.46. The lowest BCUT2D eigenvalue weighted by Crippen LogP contribution is -2.45. The number of nitrogens with two attached hydrogens (primary N) is 2. The zero-order valence-corrected chi connectivity index (χ0v) is 8.95. The van der Waals surface area contributed by atoms with Gasteiger partial charge in [0.25, 0.3) is 0 Å². The Balaban J connectivity index is 2.87. The van der Waals surface area contributed by atoms with Crippen LogP contribution in [0, 0.1) is 0 Å². The summed E-state index contributed by atoms with van der Waals surface area (Å²) in [6.45, 7) is 0.744. The molecular formula is C10H18N3O+. The molecule has 0 bridgehead atoms. The minimum Gasteiger partial charge on any atom is -0.495 e. The SMILES string of the molecule is COc1ccc(C[N+](C)(C)N)cc1N. The number of methoxy groups -OCH3 is 1. The standard InChI is InChI=1S/C10H18N3O/c1-13(2,12)7-8-4-5-10(14-3)9(11)6-8/h4-6H,7,11-12H2,1-3H3/q+1. The van der Waals surface area contributed by atoms with Crippen LogP contribution in [0.4, 0.5) is 5.69 Å². The summed E-state index contributed by atoms with van der Waals surface area (Å²) in [5.74, 6) is 6.56. The van der Waals surface area contributed by atoms with Crippen LogP contribution in [-0.4, -0.2) is 25.8 Å². The average molecular weight is 196 g/mol. The van der Waals surface area contributed by atoms with Crippen LogP contribution in [-0.2, 0) is 6.54 Å². The number of hydrogen-bond donors (Lipinski definition) is 2. The fourth-order valence-electron chi connectivity index (χ4n) is 1.35. The second-order valence-corrected chi connectivity index (χ2v) is 4.01. The molecule has 1 aromatic rings. The second kappa shape index (κ2) is 3.86. The third-order valence-electron chi connectivity index (χ3n) is 1.88. The van der Waals surface area contributed by atoms with E-state index < -0.39 is 0 Å². The van der Waals surface area contributed by atoms with Crippen molar-refractivity contribution in [3.8, 4) is 5.75 Å². The summed E-state index contributed by atoms with van der Waals surface area (Å²) in [7, 11) is 5.47. The van der Waals surface area contributed by atoms with Crippen LogP contribution in [0.15, 0.2) is 18.2 Å². The van der Waals surface area contributed by atoms with Crippen LogP contribution in [0.25, 0.3) is 0 Å². The Labute approximate surface area is 84.6 Å². The van der Waals surface area contributed by atoms with Gasteiger partial charge in [-0.05, 0) is 18.2 Å². The first-order valence-electron chi connectivity index (χ1n) is 4.46. The van der Waals surface area contributed by atoms with Crippen LogP contribution in [0.2, 0.25) is 0 Å². The number of benzene rings is 1. The first kappa shape index (κ1) is 10.8. The van der Waals surface area contributed by atoms with Gasteiger partial charge in [0.2, 0.25) is 0 Å². The van der Waals surface area contributed by atoms with Crippen LogP contribution < -0.4 is 16.3 Å². The molecule has 4 nitrogen and oxygen atoms in total. The molecule has 0 saturated carbocycles. The molecular weight excluding hydrogens is 178 g/mol. The van der Waals surface area contributed by atoms with Crippen molar-refractivity contribution in [2.75, 3.05) is 26.9 Å². The highest BCUT2D eigenvalue weighted by Gasteiger charge is 2.10. The minimum absolute atomic E-state index is 0.395. The Morgan fingerprint density at radius 3 is 2.43 bits per heavy atom. The zero-order chi connectivity index (χ0) is 10.8. The van der Waals surface area contributed by atoms with Gasteiger partial charge in [0.15, 0.2) is 0 Å². The van der Waals surface area contributed by atoms with Crippen molar-refractivity contribution in [2.24, 2.45) is 5.84 Å². The first-order valence-corrected chi connectivity index (χ1v) is 4.46. The molecule has 0 saturated heterocycles. The van der Waals surface area contributed by atoms with Gasteiger partial charge in [-0.2, -0.15) is 5.84 Å². The highest BCUT2D eigenvalue weighted by molar-refractivity contribution is 5.54. The molecule has 78 valence electrons. The third kappa shape index (κ3) is 2.90. The van der Waals surface area contributed by atoms with E-state index in [0.717, 1.165) is 12.1 Å². The maximum atomic E-state index is 5.85. The summed E-state index contributed by atoms with van der Waals surface area (Å²) in [5, 5.41) is 0. The normalized spacial score (nSPS) is 11.4. The number of ether oxygens (including phenoxy) is 1. The smallest absolute Gasteiger partial charge is 0.141 e. The zero-order valence-electron chi connectivity index (χ0n) is 8.95. The highest BCUT2D eigenvalue weighted by Crippen LogP contribution is 2.22. The molecule has 1 aromatic carbocycles. The predicted octanol–water partition coefficient (Wildman–Crippen LogP) is 0.728. The fraction of sp³-hybridized carbons (Fsp3) is 0.400. The Bertz CT molecular complexity index is 318. The number of hydrogen-bond acceptors (Lipinski definition) is 3. The van der Waals surface area contributed by atoms with E-state index in [2.05, 4.69) is 0 Å². The van der Waals surface area contributed by atoms with Gasteiger partial charge < -0.3 is 10.5 Å². The van der Waals surface area contributed by atoms with Gasteiger partial charge in [0.1, 0.15) is 12.3 Å². The molecule has 0 fully saturated rings. The van der Waals surface area contributed by atoms with Crippen molar-refractivity contribution in [1.82, 2.24) is 0 Å². The van der Waals surface area contributed by atoms with E-state index in [1.165, 1.54) is 0 Å². The van der Waals surface area contributed by atoms with E-state index in [1.54, 1.807) is 7.11 Å². The maximum absolute atomic E-state index is 5.85. The molecule has 0 atom stereocenters. The van der Waals surface area contributed by atoms with E-state index >= 15 is 0 Å². The van der Waals surface area contributed by atoms with E-state index in [1.807, 2.05) is 32.3 Å². The molecule has 0 heterocycles. The monoisotopic (exact) mass is 196 g/mol. The molecule has 0 aliphatic rings. The fourth-order valence-corrected chi connectivity index (χ4v) is 1.35. The van der Waals surface area contributed by atoms with Crippen molar-refractivity contribution in [3.05, 3.63) is 23.8 Å². The number of nitrogen functional groups attached to an aromatic ring is 1. The van der Waals surface area contributed by atoms with Gasteiger partial charge in [0, 0.05) is 5.56 Å². The van der Waals surface area contributed by atoms with E-state index in [4.69, 9.17) is 16.3 Å². The number of quaternary nitrogens is 1. The first-order chi connectivity index (χ1) is 6.42. The molecule has 0 spiro atoms. The lowest BCUT2D eigenvalue weighted by atomic mass is 10.2. The lowest BCUT2D eigenvalue weighted by molar-refractivity contribution is -0.915. The van der Waals surface area contributed by atoms with E-state index in [-0.39, 0.29) is 0 Å². The van der Waals surface area contributed by atoms with Crippen molar-refractivity contribution >= 4 is 5.69 Å². The average Bonchev–Trinajstić information content (AvgIpc) is 2.01. The van der Waals surface area contributed by atoms with Gasteiger partial charge >= 0.3 is 0 Å². The maximum Gasteiger partial charge on any atom is 0.141 e. The molecule has 14 heavy (non-hydrogen) atoms. The Morgan fingerprint density at radius 2 is 2.00 bits per heavy atom. The van der Waals surface area contributed by atoms with Crippen LogP contribution in [0.3, 0.4) is 0 Å². The minimum atomic E-state index is 0.395. The quantitative estimate of drug-likeness (QED) is 0.324. The molecule has 4 N–H and O–H groups in total. The van der Waals surface area contributed by atoms with Crippen molar-refractivity contribution in [2.45, 2.75) is 6.54 Å². The number of anilines is 1. The van der Waals surface area contributed by atoms with Gasteiger partial charge in [-0.3, -0.25) is 0 Å².